The fourth-order valence-corrected chi connectivity index (χ4v) is 3.20. The summed E-state index contributed by atoms with van der Waals surface area (Å²) in [4.78, 5) is 24.1. The predicted molar refractivity (Wildman–Crippen MR) is 100 cm³/mol. The molecule has 0 aliphatic heterocycles. The van der Waals surface area contributed by atoms with Gasteiger partial charge in [0.1, 0.15) is 6.23 Å². The first-order valence-electron chi connectivity index (χ1n) is 7.98. The number of imidazole rings is 1. The Kier molecular flexibility index (Phi) is 5.62. The number of aliphatic hydroxyl groups excluding tert-OH is 1. The first-order valence-corrected chi connectivity index (χ1v) is 8.86. The van der Waals surface area contributed by atoms with Crippen LogP contribution in [0.2, 0.25) is 0 Å². The fourth-order valence-electron chi connectivity index (χ4n) is 2.43. The van der Waals surface area contributed by atoms with Gasteiger partial charge in [0.15, 0.2) is 16.6 Å². The number of aromatic nitrogens is 4. The summed E-state index contributed by atoms with van der Waals surface area (Å²) in [6.45, 7) is 0.0877. The minimum absolute atomic E-state index is 0.0877. The lowest BCUT2D eigenvalue weighted by Gasteiger charge is -2.14. The van der Waals surface area contributed by atoms with Gasteiger partial charge in [0, 0.05) is 31.2 Å². The van der Waals surface area contributed by atoms with Crippen LogP contribution < -0.4 is 16.0 Å². The number of amides is 1. The molecular formula is C16H18FN7O2S. The molecule has 1 atom stereocenters. The Morgan fingerprint density at radius 1 is 1.37 bits per heavy atom. The highest BCUT2D eigenvalue weighted by Crippen LogP contribution is 2.25. The summed E-state index contributed by atoms with van der Waals surface area (Å²) in [7, 11) is 3.18. The Balaban J connectivity index is 1.70. The Morgan fingerprint density at radius 3 is 2.85 bits per heavy atom. The highest BCUT2D eigenvalue weighted by atomic mass is 32.1. The number of nitrogens with zero attached hydrogens (tertiary/aromatic N) is 4. The van der Waals surface area contributed by atoms with Crippen LogP contribution in [0.3, 0.4) is 0 Å². The number of carbonyl (C=O) groups excluding carboxylic acids is 1. The van der Waals surface area contributed by atoms with Crippen LogP contribution in [0.5, 0.6) is 0 Å². The summed E-state index contributed by atoms with van der Waals surface area (Å²) in [5, 5.41) is 20.8. The maximum atomic E-state index is 12.9. The lowest BCUT2D eigenvalue weighted by Crippen LogP contribution is -2.29. The number of anilines is 2. The lowest BCUT2D eigenvalue weighted by atomic mass is 10.2. The van der Waals surface area contributed by atoms with Crippen LogP contribution in [-0.4, -0.2) is 50.9 Å². The van der Waals surface area contributed by atoms with Crippen molar-refractivity contribution in [3.63, 3.8) is 0 Å². The average molecular weight is 391 g/mol. The van der Waals surface area contributed by atoms with Gasteiger partial charge in [0.2, 0.25) is 5.95 Å². The van der Waals surface area contributed by atoms with Crippen LogP contribution in [0.4, 0.5) is 15.3 Å². The van der Waals surface area contributed by atoms with Crippen molar-refractivity contribution >= 4 is 28.2 Å². The number of thiazole rings is 1. The van der Waals surface area contributed by atoms with Crippen LogP contribution in [0, 0.1) is 5.95 Å². The van der Waals surface area contributed by atoms with Crippen molar-refractivity contribution < 1.29 is 14.3 Å². The predicted octanol–water partition coefficient (Wildman–Crippen LogP) is 1.37. The van der Waals surface area contributed by atoms with Crippen molar-refractivity contribution in [3.05, 3.63) is 41.7 Å². The molecule has 11 heteroatoms. The Hall–Kier alpha value is -3.05. The molecular weight excluding hydrogens is 373 g/mol. The van der Waals surface area contributed by atoms with E-state index >= 15 is 0 Å². The van der Waals surface area contributed by atoms with Crippen molar-refractivity contribution in [1.29, 1.82) is 0 Å². The van der Waals surface area contributed by atoms with Crippen molar-refractivity contribution in [2.24, 2.45) is 0 Å². The van der Waals surface area contributed by atoms with E-state index in [-0.39, 0.29) is 12.5 Å². The molecule has 0 aliphatic carbocycles. The monoisotopic (exact) mass is 391 g/mol. The quantitative estimate of drug-likeness (QED) is 0.355. The number of nitrogens with one attached hydrogen (secondary N) is 3. The zero-order chi connectivity index (χ0) is 19.4. The highest BCUT2D eigenvalue weighted by Gasteiger charge is 2.19. The molecule has 0 spiro atoms. The van der Waals surface area contributed by atoms with E-state index < -0.39 is 12.2 Å². The molecule has 0 fully saturated rings. The molecule has 142 valence electrons. The van der Waals surface area contributed by atoms with Gasteiger partial charge in [-0.15, -0.1) is 11.3 Å². The third-order valence-corrected chi connectivity index (χ3v) is 4.48. The van der Waals surface area contributed by atoms with Gasteiger partial charge >= 0.3 is 0 Å². The molecule has 0 radical (unpaired) electrons. The van der Waals surface area contributed by atoms with E-state index in [0.29, 0.717) is 27.9 Å². The summed E-state index contributed by atoms with van der Waals surface area (Å²) in [6, 6.07) is 2.84. The molecule has 1 amide bonds. The fraction of sp³-hybridized carbons (Fsp3) is 0.250. The summed E-state index contributed by atoms with van der Waals surface area (Å²) < 4.78 is 14.5. The highest BCUT2D eigenvalue weighted by molar-refractivity contribution is 7.14. The largest absolute Gasteiger partial charge is 0.372 e. The van der Waals surface area contributed by atoms with Gasteiger partial charge < -0.3 is 25.6 Å². The number of pyridine rings is 1. The molecule has 9 nitrogen and oxygen atoms in total. The maximum absolute atomic E-state index is 12.9. The van der Waals surface area contributed by atoms with Crippen molar-refractivity contribution in [2.75, 3.05) is 24.7 Å². The first-order chi connectivity index (χ1) is 13.0. The molecule has 4 N–H and O–H groups in total. The van der Waals surface area contributed by atoms with Gasteiger partial charge in [0.25, 0.3) is 5.91 Å². The second-order valence-corrected chi connectivity index (χ2v) is 6.35. The van der Waals surface area contributed by atoms with E-state index in [2.05, 4.69) is 30.9 Å². The molecule has 3 aromatic rings. The third kappa shape index (κ3) is 4.20. The maximum Gasteiger partial charge on any atom is 0.271 e. The Labute approximate surface area is 158 Å². The van der Waals surface area contributed by atoms with Gasteiger partial charge in [-0.1, -0.05) is 0 Å². The lowest BCUT2D eigenvalue weighted by molar-refractivity contribution is 0.0950. The van der Waals surface area contributed by atoms with E-state index in [1.807, 2.05) is 0 Å². The van der Waals surface area contributed by atoms with Gasteiger partial charge in [0.05, 0.1) is 18.6 Å². The van der Waals surface area contributed by atoms with Crippen molar-refractivity contribution in [3.8, 4) is 11.3 Å². The van der Waals surface area contributed by atoms with Gasteiger partial charge in [-0.3, -0.25) is 4.79 Å². The second-order valence-electron chi connectivity index (χ2n) is 5.49. The summed E-state index contributed by atoms with van der Waals surface area (Å²) in [5.41, 5.74) is 1.61. The van der Waals surface area contributed by atoms with Crippen LogP contribution in [0.1, 0.15) is 10.5 Å². The van der Waals surface area contributed by atoms with Crippen LogP contribution in [0.25, 0.3) is 11.3 Å². The number of halogens is 1. The number of aliphatic hydroxyl groups is 1. The van der Waals surface area contributed by atoms with Crippen molar-refractivity contribution in [1.82, 2.24) is 24.8 Å². The second kappa shape index (κ2) is 8.10. The molecule has 0 saturated heterocycles. The van der Waals surface area contributed by atoms with Crippen LogP contribution in [-0.2, 0) is 6.54 Å². The molecule has 1 unspecified atom stereocenters. The van der Waals surface area contributed by atoms with Crippen LogP contribution >= 0.6 is 11.3 Å². The molecule has 0 bridgehead atoms. The summed E-state index contributed by atoms with van der Waals surface area (Å²) in [5.74, 6) is -0.456. The van der Waals surface area contributed by atoms with Gasteiger partial charge in [-0.05, 0) is 12.1 Å². The summed E-state index contributed by atoms with van der Waals surface area (Å²) in [6.07, 6.45) is 1.86. The molecule has 3 aromatic heterocycles. The normalized spacial score (nSPS) is 11.9. The molecule has 0 saturated carbocycles. The van der Waals surface area contributed by atoms with E-state index in [4.69, 9.17) is 0 Å². The van der Waals surface area contributed by atoms with Crippen molar-refractivity contribution in [2.45, 2.75) is 12.8 Å². The minimum atomic E-state index is -1.00. The Bertz CT molecular complexity index is 925. The molecule has 27 heavy (non-hydrogen) atoms. The van der Waals surface area contributed by atoms with Crippen LogP contribution in [0.15, 0.2) is 30.0 Å². The zero-order valence-electron chi connectivity index (χ0n) is 14.6. The van der Waals surface area contributed by atoms with Gasteiger partial charge in [-0.2, -0.15) is 4.39 Å². The van der Waals surface area contributed by atoms with E-state index in [1.54, 1.807) is 23.1 Å². The number of hydrogen-bond acceptors (Lipinski definition) is 8. The standard InChI is InChI=1S/C16H18FN7O2S/c1-18-14-13(15(26)19-2)24(8-21-14)6-12(25)23-16-22-10(7-27-16)9-3-4-11(17)20-5-9/h3-5,7-8,12,18,25H,6H2,1-2H3,(H,19,26)(H,22,23). The zero-order valence-corrected chi connectivity index (χ0v) is 15.4. The average Bonchev–Trinajstić information content (AvgIpc) is 3.28. The van der Waals surface area contributed by atoms with Gasteiger partial charge in [-0.25, -0.2) is 15.0 Å². The number of rotatable bonds is 7. The number of carbonyl (C=O) groups is 1. The minimum Gasteiger partial charge on any atom is -0.372 e. The molecule has 3 rings (SSSR count). The topological polar surface area (TPSA) is 117 Å². The van der Waals surface area contributed by atoms with E-state index in [1.165, 1.54) is 37.0 Å². The third-order valence-electron chi connectivity index (χ3n) is 3.70. The molecule has 3 heterocycles. The SMILES string of the molecule is CNC(=O)c1c(NC)ncn1CC(O)Nc1nc(-c2ccc(F)nc2)cs1. The first kappa shape index (κ1) is 18.7. The smallest absolute Gasteiger partial charge is 0.271 e. The molecule has 0 aromatic carbocycles. The Morgan fingerprint density at radius 2 is 2.19 bits per heavy atom. The van der Waals surface area contributed by atoms with E-state index in [9.17, 15) is 14.3 Å². The number of hydrogen-bond donors (Lipinski definition) is 4. The summed E-state index contributed by atoms with van der Waals surface area (Å²) >= 11 is 1.29. The molecule has 0 aliphatic rings. The van der Waals surface area contributed by atoms with E-state index in [0.717, 1.165) is 0 Å².